The lowest BCUT2D eigenvalue weighted by Crippen LogP contribution is -2.46. The molecule has 1 atom stereocenters. The van der Waals surface area contributed by atoms with Crippen LogP contribution in [-0.2, 0) is 14.8 Å². The molecule has 0 aliphatic carbocycles. The molecule has 1 aromatic carbocycles. The molecule has 1 amide bonds. The van der Waals surface area contributed by atoms with Crippen molar-refractivity contribution in [2.75, 3.05) is 32.0 Å². The van der Waals surface area contributed by atoms with E-state index in [-0.39, 0.29) is 24.3 Å². The van der Waals surface area contributed by atoms with Gasteiger partial charge in [0.1, 0.15) is 0 Å². The van der Waals surface area contributed by atoms with Gasteiger partial charge in [-0.25, -0.2) is 8.42 Å². The van der Waals surface area contributed by atoms with Crippen molar-refractivity contribution in [3.8, 4) is 0 Å². The van der Waals surface area contributed by atoms with Crippen molar-refractivity contribution in [3.63, 3.8) is 0 Å². The summed E-state index contributed by atoms with van der Waals surface area (Å²) in [7, 11) is -3.36. The first-order valence-corrected chi connectivity index (χ1v) is 8.52. The van der Waals surface area contributed by atoms with Crippen LogP contribution in [-0.4, -0.2) is 56.7 Å². The Labute approximate surface area is 125 Å². The molecular formula is C14H20N2O4S. The average Bonchev–Trinajstić information content (AvgIpc) is 2.48. The fourth-order valence-electron chi connectivity index (χ4n) is 2.15. The molecular weight excluding hydrogens is 292 g/mol. The molecule has 1 aliphatic rings. The minimum absolute atomic E-state index is 0.0903. The third kappa shape index (κ3) is 4.52. The van der Waals surface area contributed by atoms with Crippen molar-refractivity contribution < 1.29 is 17.9 Å². The number of benzene rings is 1. The van der Waals surface area contributed by atoms with Gasteiger partial charge in [-0.1, -0.05) is 18.2 Å². The monoisotopic (exact) mass is 312 g/mol. The summed E-state index contributed by atoms with van der Waals surface area (Å²) < 4.78 is 31.1. The zero-order valence-corrected chi connectivity index (χ0v) is 12.8. The molecule has 1 aromatic rings. The molecule has 1 N–H and O–H groups in total. The summed E-state index contributed by atoms with van der Waals surface area (Å²) in [6.07, 6.45) is -0.0903. The van der Waals surface area contributed by atoms with Gasteiger partial charge in [0.25, 0.3) is 5.91 Å². The van der Waals surface area contributed by atoms with Crippen LogP contribution in [0.2, 0.25) is 0 Å². The summed E-state index contributed by atoms with van der Waals surface area (Å²) in [5.41, 5.74) is 0.523. The van der Waals surface area contributed by atoms with Crippen molar-refractivity contribution >= 4 is 15.9 Å². The van der Waals surface area contributed by atoms with Gasteiger partial charge in [-0.05, 0) is 19.1 Å². The second kappa shape index (κ2) is 7.02. The van der Waals surface area contributed by atoms with E-state index in [1.54, 1.807) is 24.3 Å². The smallest absolute Gasteiger partial charge is 0.251 e. The number of morpholine rings is 1. The van der Waals surface area contributed by atoms with Crippen molar-refractivity contribution in [1.82, 2.24) is 9.62 Å². The number of amides is 1. The number of hydrogen-bond acceptors (Lipinski definition) is 4. The fourth-order valence-corrected chi connectivity index (χ4v) is 3.56. The molecule has 0 spiro atoms. The van der Waals surface area contributed by atoms with Crippen LogP contribution in [0.4, 0.5) is 0 Å². The Morgan fingerprint density at radius 3 is 2.76 bits per heavy atom. The number of carbonyl (C=O) groups is 1. The molecule has 6 nitrogen and oxygen atoms in total. The van der Waals surface area contributed by atoms with Crippen molar-refractivity contribution in [3.05, 3.63) is 35.9 Å². The van der Waals surface area contributed by atoms with E-state index in [0.717, 1.165) is 0 Å². The van der Waals surface area contributed by atoms with Gasteiger partial charge in [-0.15, -0.1) is 0 Å². The molecule has 1 aliphatic heterocycles. The highest BCUT2D eigenvalue weighted by atomic mass is 32.2. The third-order valence-electron chi connectivity index (χ3n) is 3.28. The van der Waals surface area contributed by atoms with Crippen molar-refractivity contribution in [2.24, 2.45) is 0 Å². The van der Waals surface area contributed by atoms with Gasteiger partial charge in [0.2, 0.25) is 10.0 Å². The Hall–Kier alpha value is -1.44. The second-order valence-corrected chi connectivity index (χ2v) is 7.07. The van der Waals surface area contributed by atoms with Crippen LogP contribution in [0, 0.1) is 0 Å². The fraction of sp³-hybridized carbons (Fsp3) is 0.500. The Kier molecular flexibility index (Phi) is 5.33. The average molecular weight is 312 g/mol. The van der Waals surface area contributed by atoms with Gasteiger partial charge in [0, 0.05) is 25.2 Å². The Morgan fingerprint density at radius 2 is 2.10 bits per heavy atom. The molecule has 0 saturated carbocycles. The van der Waals surface area contributed by atoms with E-state index >= 15 is 0 Å². The van der Waals surface area contributed by atoms with Crippen LogP contribution in [0.1, 0.15) is 17.3 Å². The first-order chi connectivity index (χ1) is 9.99. The van der Waals surface area contributed by atoms with Gasteiger partial charge in [-0.2, -0.15) is 4.31 Å². The molecule has 1 fully saturated rings. The molecule has 116 valence electrons. The predicted octanol–water partition coefficient (Wildman–Crippen LogP) is 0.467. The van der Waals surface area contributed by atoms with Crippen LogP contribution in [0.25, 0.3) is 0 Å². The molecule has 1 saturated heterocycles. The largest absolute Gasteiger partial charge is 0.376 e. The molecule has 0 bridgehead atoms. The lowest BCUT2D eigenvalue weighted by Gasteiger charge is -2.30. The normalized spacial score (nSPS) is 20.1. The topological polar surface area (TPSA) is 75.7 Å². The Morgan fingerprint density at radius 1 is 1.38 bits per heavy atom. The SMILES string of the molecule is CC1CN(S(=O)(=O)CCNC(=O)c2ccccc2)CCO1. The van der Waals surface area contributed by atoms with Gasteiger partial charge in [0.05, 0.1) is 18.5 Å². The maximum absolute atomic E-state index is 12.2. The Balaban J connectivity index is 1.83. The number of sulfonamides is 1. The summed E-state index contributed by atoms with van der Waals surface area (Å²) in [6, 6.07) is 8.73. The highest BCUT2D eigenvalue weighted by molar-refractivity contribution is 7.89. The van der Waals surface area contributed by atoms with Crippen LogP contribution in [0.15, 0.2) is 30.3 Å². The number of nitrogens with one attached hydrogen (secondary N) is 1. The van der Waals surface area contributed by atoms with E-state index in [1.807, 2.05) is 13.0 Å². The van der Waals surface area contributed by atoms with E-state index in [1.165, 1.54) is 4.31 Å². The number of nitrogens with zero attached hydrogens (tertiary/aromatic N) is 1. The summed E-state index contributed by atoms with van der Waals surface area (Å²) in [4.78, 5) is 11.8. The summed E-state index contributed by atoms with van der Waals surface area (Å²) in [5, 5.41) is 2.63. The van der Waals surface area contributed by atoms with Gasteiger partial charge >= 0.3 is 0 Å². The maximum atomic E-state index is 12.2. The van der Waals surface area contributed by atoms with Crippen LogP contribution < -0.4 is 5.32 Å². The second-order valence-electron chi connectivity index (χ2n) is 4.98. The number of hydrogen-bond donors (Lipinski definition) is 1. The minimum atomic E-state index is -3.36. The quantitative estimate of drug-likeness (QED) is 0.857. The van der Waals surface area contributed by atoms with Crippen LogP contribution in [0.3, 0.4) is 0 Å². The van der Waals surface area contributed by atoms with Crippen molar-refractivity contribution in [2.45, 2.75) is 13.0 Å². The van der Waals surface area contributed by atoms with Gasteiger partial charge in [0.15, 0.2) is 0 Å². The number of carbonyl (C=O) groups excluding carboxylic acids is 1. The number of rotatable bonds is 5. The molecule has 1 unspecified atom stereocenters. The first-order valence-electron chi connectivity index (χ1n) is 6.92. The van der Waals surface area contributed by atoms with Crippen LogP contribution >= 0.6 is 0 Å². The lowest BCUT2D eigenvalue weighted by atomic mass is 10.2. The lowest BCUT2D eigenvalue weighted by molar-refractivity contribution is 0.0102. The molecule has 7 heteroatoms. The minimum Gasteiger partial charge on any atom is -0.376 e. The third-order valence-corrected chi connectivity index (χ3v) is 5.12. The van der Waals surface area contributed by atoms with Gasteiger partial charge < -0.3 is 10.1 Å². The number of ether oxygens (including phenoxy) is 1. The van der Waals surface area contributed by atoms with E-state index in [2.05, 4.69) is 5.32 Å². The van der Waals surface area contributed by atoms with Gasteiger partial charge in [-0.3, -0.25) is 4.79 Å². The maximum Gasteiger partial charge on any atom is 0.251 e. The van der Waals surface area contributed by atoms with E-state index in [0.29, 0.717) is 25.3 Å². The molecule has 2 rings (SSSR count). The molecule has 0 aromatic heterocycles. The summed E-state index contributed by atoms with van der Waals surface area (Å²) in [6.45, 7) is 3.10. The van der Waals surface area contributed by atoms with Crippen LogP contribution in [0.5, 0.6) is 0 Å². The first kappa shape index (κ1) is 15.9. The molecule has 21 heavy (non-hydrogen) atoms. The van der Waals surface area contributed by atoms with E-state index in [9.17, 15) is 13.2 Å². The molecule has 0 radical (unpaired) electrons. The summed E-state index contributed by atoms with van der Waals surface area (Å²) >= 11 is 0. The standard InChI is InChI=1S/C14H20N2O4S/c1-12-11-16(8-9-20-12)21(18,19)10-7-15-14(17)13-5-3-2-4-6-13/h2-6,12H,7-11H2,1H3,(H,15,17). The highest BCUT2D eigenvalue weighted by Crippen LogP contribution is 2.09. The zero-order valence-electron chi connectivity index (χ0n) is 12.0. The highest BCUT2D eigenvalue weighted by Gasteiger charge is 2.27. The zero-order chi connectivity index (χ0) is 15.3. The summed E-state index contributed by atoms with van der Waals surface area (Å²) in [5.74, 6) is -0.362. The van der Waals surface area contributed by atoms with E-state index in [4.69, 9.17) is 4.74 Å². The van der Waals surface area contributed by atoms with Crippen molar-refractivity contribution in [1.29, 1.82) is 0 Å². The van der Waals surface area contributed by atoms with E-state index < -0.39 is 10.0 Å². The Bertz CT molecular complexity index is 574. The predicted molar refractivity (Wildman–Crippen MR) is 79.5 cm³/mol. The molecule has 1 heterocycles.